The van der Waals surface area contributed by atoms with Crippen molar-refractivity contribution in [3.8, 4) is 0 Å². The van der Waals surface area contributed by atoms with Crippen LogP contribution in [0.4, 0.5) is 0 Å². The van der Waals surface area contributed by atoms with E-state index in [4.69, 9.17) is 26.8 Å². The van der Waals surface area contributed by atoms with E-state index in [9.17, 15) is 38.7 Å². The summed E-state index contributed by atoms with van der Waals surface area (Å²) in [5.41, 5.74) is 10.6. The Morgan fingerprint density at radius 3 is 1.76 bits per heavy atom. The van der Waals surface area contributed by atoms with Crippen molar-refractivity contribution >= 4 is 41.5 Å². The maximum Gasteiger partial charge on any atom is 0.326 e. The van der Waals surface area contributed by atoms with Gasteiger partial charge in [0.15, 0.2) is 0 Å². The van der Waals surface area contributed by atoms with Gasteiger partial charge in [-0.05, 0) is 19.8 Å². The lowest BCUT2D eigenvalue weighted by Gasteiger charge is -2.26. The van der Waals surface area contributed by atoms with E-state index in [1.807, 2.05) is 5.32 Å². The summed E-state index contributed by atoms with van der Waals surface area (Å²) in [5.74, 6) is -8.51. The number of primary amides is 1. The zero-order valence-electron chi connectivity index (χ0n) is 18.2. The van der Waals surface area contributed by atoms with E-state index in [2.05, 4.69) is 10.6 Å². The molecule has 0 aromatic carbocycles. The largest absolute Gasteiger partial charge is 0.481 e. The summed E-state index contributed by atoms with van der Waals surface area (Å²) >= 11 is 0. The Morgan fingerprint density at radius 1 is 0.765 bits per heavy atom. The van der Waals surface area contributed by atoms with E-state index in [1.54, 1.807) is 0 Å². The van der Waals surface area contributed by atoms with Gasteiger partial charge in [-0.15, -0.1) is 0 Å². The molecule has 11 N–H and O–H groups in total. The van der Waals surface area contributed by atoms with Crippen LogP contribution in [0.5, 0.6) is 0 Å². The standard InChI is InChI=1S/C18H29N5O11/c1-7(24)14(23-15(30)8(19)2-5-12(26)27)17(32)21-9(3-4-11(20)25)16(31)22-10(18(33)34)6-13(28)29/h7-10,14,24H,2-6,19H2,1H3,(H2,20,25)(H,21,32)(H,22,31)(H,23,30)(H,26,27)(H,28,29)(H,33,34). The van der Waals surface area contributed by atoms with Crippen molar-refractivity contribution in [2.24, 2.45) is 11.5 Å². The molecule has 0 saturated carbocycles. The average molecular weight is 491 g/mol. The zero-order valence-corrected chi connectivity index (χ0v) is 18.2. The molecule has 0 aliphatic heterocycles. The second-order valence-corrected chi connectivity index (χ2v) is 7.33. The molecule has 4 amide bonds. The number of carbonyl (C=O) groups is 7. The normalized spacial score (nSPS) is 15.0. The molecule has 0 heterocycles. The zero-order chi connectivity index (χ0) is 26.6. The monoisotopic (exact) mass is 491 g/mol. The summed E-state index contributed by atoms with van der Waals surface area (Å²) in [6.45, 7) is 1.12. The number of nitrogens with one attached hydrogen (secondary N) is 3. The predicted octanol–water partition coefficient (Wildman–Crippen LogP) is -4.16. The average Bonchev–Trinajstić information content (AvgIpc) is 2.71. The minimum atomic E-state index is -1.85. The van der Waals surface area contributed by atoms with Crippen molar-refractivity contribution in [3.63, 3.8) is 0 Å². The lowest BCUT2D eigenvalue weighted by atomic mass is 10.1. The molecule has 0 radical (unpaired) electrons. The van der Waals surface area contributed by atoms with Crippen LogP contribution >= 0.6 is 0 Å². The van der Waals surface area contributed by atoms with Gasteiger partial charge in [0, 0.05) is 12.8 Å². The van der Waals surface area contributed by atoms with Crippen LogP contribution in [0.2, 0.25) is 0 Å². The molecule has 0 aromatic rings. The van der Waals surface area contributed by atoms with Crippen LogP contribution in [0.15, 0.2) is 0 Å². The Balaban J connectivity index is 5.49. The van der Waals surface area contributed by atoms with E-state index in [1.165, 1.54) is 0 Å². The number of amides is 4. The van der Waals surface area contributed by atoms with Gasteiger partial charge in [0.1, 0.15) is 18.1 Å². The molecular weight excluding hydrogens is 462 g/mol. The molecule has 5 unspecified atom stereocenters. The van der Waals surface area contributed by atoms with Gasteiger partial charge in [0.05, 0.1) is 18.6 Å². The Labute approximate surface area is 193 Å². The SMILES string of the molecule is CC(O)C(NC(=O)C(N)CCC(=O)O)C(=O)NC(CCC(N)=O)C(=O)NC(CC(=O)O)C(=O)O. The van der Waals surface area contributed by atoms with Crippen molar-refractivity contribution in [1.29, 1.82) is 0 Å². The second-order valence-electron chi connectivity index (χ2n) is 7.33. The topological polar surface area (TPSA) is 289 Å². The third-order valence-electron chi connectivity index (χ3n) is 4.37. The maximum atomic E-state index is 12.6. The maximum absolute atomic E-state index is 12.6. The number of hydrogen-bond donors (Lipinski definition) is 9. The fraction of sp³-hybridized carbons (Fsp3) is 0.611. The van der Waals surface area contributed by atoms with Gasteiger partial charge >= 0.3 is 17.9 Å². The summed E-state index contributed by atoms with van der Waals surface area (Å²) in [7, 11) is 0. The van der Waals surface area contributed by atoms with Crippen LogP contribution in [-0.4, -0.2) is 92.2 Å². The molecule has 0 bridgehead atoms. The van der Waals surface area contributed by atoms with Gasteiger partial charge in [-0.25, -0.2) is 4.79 Å². The van der Waals surface area contributed by atoms with Crippen LogP contribution in [0, 0.1) is 0 Å². The first kappa shape index (κ1) is 30.2. The van der Waals surface area contributed by atoms with Crippen LogP contribution in [0.1, 0.15) is 39.0 Å². The molecule has 5 atom stereocenters. The van der Waals surface area contributed by atoms with Crippen LogP contribution in [0.3, 0.4) is 0 Å². The molecule has 34 heavy (non-hydrogen) atoms. The molecule has 16 nitrogen and oxygen atoms in total. The highest BCUT2D eigenvalue weighted by Crippen LogP contribution is 2.04. The molecule has 192 valence electrons. The van der Waals surface area contributed by atoms with Crippen LogP contribution < -0.4 is 27.4 Å². The molecule has 0 aliphatic rings. The minimum absolute atomic E-state index is 0.265. The molecule has 0 aromatic heterocycles. The number of rotatable bonds is 16. The van der Waals surface area contributed by atoms with E-state index in [-0.39, 0.29) is 6.42 Å². The quantitative estimate of drug-likeness (QED) is 0.0993. The fourth-order valence-electron chi connectivity index (χ4n) is 2.54. The number of carboxylic acid groups (broad SMARTS) is 3. The molecular formula is C18H29N5O11. The van der Waals surface area contributed by atoms with E-state index >= 15 is 0 Å². The molecule has 0 rings (SSSR count). The smallest absolute Gasteiger partial charge is 0.326 e. The number of aliphatic hydroxyl groups is 1. The van der Waals surface area contributed by atoms with Gasteiger partial charge in [0.25, 0.3) is 0 Å². The first-order valence-electron chi connectivity index (χ1n) is 9.95. The number of aliphatic hydroxyl groups excluding tert-OH is 1. The van der Waals surface area contributed by atoms with Gasteiger partial charge in [-0.2, -0.15) is 0 Å². The van der Waals surface area contributed by atoms with Gasteiger partial charge in [0.2, 0.25) is 23.6 Å². The molecule has 16 heteroatoms. The van der Waals surface area contributed by atoms with Crippen molar-refractivity contribution in [2.45, 2.75) is 69.3 Å². The van der Waals surface area contributed by atoms with Crippen molar-refractivity contribution in [1.82, 2.24) is 16.0 Å². The highest BCUT2D eigenvalue weighted by atomic mass is 16.4. The van der Waals surface area contributed by atoms with Crippen LogP contribution in [0.25, 0.3) is 0 Å². The third kappa shape index (κ3) is 11.7. The Hall–Kier alpha value is -3.79. The number of nitrogens with two attached hydrogens (primary N) is 2. The van der Waals surface area contributed by atoms with Crippen molar-refractivity contribution in [3.05, 3.63) is 0 Å². The lowest BCUT2D eigenvalue weighted by molar-refractivity contribution is -0.147. The van der Waals surface area contributed by atoms with Gasteiger partial charge in [-0.1, -0.05) is 0 Å². The second kappa shape index (κ2) is 14.4. The van der Waals surface area contributed by atoms with Crippen LogP contribution in [-0.2, 0) is 33.6 Å². The van der Waals surface area contributed by atoms with Gasteiger partial charge < -0.3 is 47.8 Å². The molecule has 0 saturated heterocycles. The number of aliphatic carboxylic acids is 3. The summed E-state index contributed by atoms with van der Waals surface area (Å²) in [6, 6.07) is -6.43. The Kier molecular flexibility index (Phi) is 12.8. The highest BCUT2D eigenvalue weighted by molar-refractivity contribution is 5.95. The number of carboxylic acids is 3. The van der Waals surface area contributed by atoms with Crippen molar-refractivity contribution < 1.29 is 54.0 Å². The number of carbonyl (C=O) groups excluding carboxylic acids is 4. The molecule has 0 spiro atoms. The molecule has 0 aliphatic carbocycles. The Morgan fingerprint density at radius 2 is 1.32 bits per heavy atom. The molecule has 0 fully saturated rings. The van der Waals surface area contributed by atoms with Gasteiger partial charge in [-0.3, -0.25) is 28.8 Å². The van der Waals surface area contributed by atoms with E-state index < -0.39 is 97.5 Å². The lowest BCUT2D eigenvalue weighted by Crippen LogP contribution is -2.60. The summed E-state index contributed by atoms with van der Waals surface area (Å²) in [5, 5.41) is 42.6. The Bertz CT molecular complexity index is 801. The fourth-order valence-corrected chi connectivity index (χ4v) is 2.54. The third-order valence-corrected chi connectivity index (χ3v) is 4.37. The number of hydrogen-bond acceptors (Lipinski definition) is 9. The highest BCUT2D eigenvalue weighted by Gasteiger charge is 2.33. The minimum Gasteiger partial charge on any atom is -0.481 e. The predicted molar refractivity (Wildman–Crippen MR) is 111 cm³/mol. The van der Waals surface area contributed by atoms with E-state index in [0.717, 1.165) is 6.92 Å². The summed E-state index contributed by atoms with van der Waals surface area (Å²) in [4.78, 5) is 81.0. The summed E-state index contributed by atoms with van der Waals surface area (Å²) < 4.78 is 0. The first-order chi connectivity index (χ1) is 15.6. The first-order valence-corrected chi connectivity index (χ1v) is 9.95. The summed E-state index contributed by atoms with van der Waals surface area (Å²) in [6.07, 6.45) is -4.03. The van der Waals surface area contributed by atoms with E-state index in [0.29, 0.717) is 0 Å². The van der Waals surface area contributed by atoms with Crippen molar-refractivity contribution in [2.75, 3.05) is 0 Å².